The van der Waals surface area contributed by atoms with Crippen molar-refractivity contribution in [1.29, 1.82) is 0 Å². The van der Waals surface area contributed by atoms with E-state index in [0.717, 1.165) is 29.8 Å². The van der Waals surface area contributed by atoms with Crippen molar-refractivity contribution in [3.05, 3.63) is 46.0 Å². The number of rotatable bonds is 2. The molecule has 2 atom stereocenters. The summed E-state index contributed by atoms with van der Waals surface area (Å²) >= 11 is 1.39. The van der Waals surface area contributed by atoms with Crippen LogP contribution in [0.4, 0.5) is 0 Å². The van der Waals surface area contributed by atoms with Gasteiger partial charge in [0.2, 0.25) is 0 Å². The standard InChI is InChI=1S/C19H20N4O3S/c24-18(22-7-9-26-10-8-22)13-3-1-2-4-14(13)19(25)23-12-5-6-16(23)17-15(11-12)20-21-27-17/h1-4,12,16H,5-11H2/t12-,16-/m1/s1. The fraction of sp³-hybridized carbons (Fsp3) is 0.474. The van der Waals surface area contributed by atoms with Crippen LogP contribution in [0.2, 0.25) is 0 Å². The SMILES string of the molecule is O=C(c1ccccc1C(=O)N1[C@@H]2CC[C@@H]1c1snnc1C2)N1CCOCC1. The maximum absolute atomic E-state index is 13.5. The van der Waals surface area contributed by atoms with Crippen molar-refractivity contribution < 1.29 is 14.3 Å². The van der Waals surface area contributed by atoms with E-state index in [0.29, 0.717) is 37.4 Å². The largest absolute Gasteiger partial charge is 0.378 e. The maximum Gasteiger partial charge on any atom is 0.255 e. The number of carbonyl (C=O) groups is 2. The van der Waals surface area contributed by atoms with Crippen molar-refractivity contribution in [3.63, 3.8) is 0 Å². The Balaban J connectivity index is 1.47. The molecule has 0 unspecified atom stereocenters. The van der Waals surface area contributed by atoms with Gasteiger partial charge < -0.3 is 14.5 Å². The number of ether oxygens (including phenoxy) is 1. The summed E-state index contributed by atoms with van der Waals surface area (Å²) in [6.07, 6.45) is 2.67. The van der Waals surface area contributed by atoms with Crippen LogP contribution in [-0.4, -0.2) is 63.5 Å². The van der Waals surface area contributed by atoms with Gasteiger partial charge in [0, 0.05) is 25.6 Å². The van der Waals surface area contributed by atoms with Crippen LogP contribution in [0.25, 0.3) is 0 Å². The topological polar surface area (TPSA) is 75.6 Å². The van der Waals surface area contributed by atoms with Crippen LogP contribution < -0.4 is 0 Å². The van der Waals surface area contributed by atoms with Crippen molar-refractivity contribution in [2.45, 2.75) is 31.3 Å². The van der Waals surface area contributed by atoms with Gasteiger partial charge in [-0.1, -0.05) is 16.6 Å². The van der Waals surface area contributed by atoms with E-state index in [1.807, 2.05) is 17.0 Å². The molecular weight excluding hydrogens is 364 g/mol. The molecule has 4 heterocycles. The Morgan fingerprint density at radius 3 is 2.59 bits per heavy atom. The van der Waals surface area contributed by atoms with Crippen molar-refractivity contribution >= 4 is 23.3 Å². The first kappa shape index (κ1) is 16.8. The van der Waals surface area contributed by atoms with Crippen LogP contribution in [0, 0.1) is 0 Å². The van der Waals surface area contributed by atoms with Crippen LogP contribution in [0.5, 0.6) is 0 Å². The highest BCUT2D eigenvalue weighted by molar-refractivity contribution is 7.05. The molecule has 0 aliphatic carbocycles. The average molecular weight is 384 g/mol. The lowest BCUT2D eigenvalue weighted by atomic mass is 10.00. The van der Waals surface area contributed by atoms with Gasteiger partial charge in [0.1, 0.15) is 0 Å². The molecular formula is C19H20N4O3S. The van der Waals surface area contributed by atoms with Gasteiger partial charge >= 0.3 is 0 Å². The molecule has 140 valence electrons. The summed E-state index contributed by atoms with van der Waals surface area (Å²) in [5.74, 6) is -0.148. The molecule has 1 aromatic carbocycles. The Labute approximate surface area is 161 Å². The predicted molar refractivity (Wildman–Crippen MR) is 98.7 cm³/mol. The van der Waals surface area contributed by atoms with Gasteiger partial charge in [0.05, 0.1) is 41.0 Å². The Morgan fingerprint density at radius 2 is 1.81 bits per heavy atom. The number of aromatic nitrogens is 2. The maximum atomic E-state index is 13.5. The number of hydrogen-bond acceptors (Lipinski definition) is 6. The summed E-state index contributed by atoms with van der Waals surface area (Å²) in [6.45, 7) is 2.21. The van der Waals surface area contributed by atoms with Gasteiger partial charge in [-0.25, -0.2) is 0 Å². The minimum Gasteiger partial charge on any atom is -0.378 e. The third-order valence-corrected chi connectivity index (χ3v) is 6.61. The summed E-state index contributed by atoms with van der Waals surface area (Å²) in [7, 11) is 0. The lowest BCUT2D eigenvalue weighted by Crippen LogP contribution is -2.44. The number of morpholine rings is 1. The first-order chi connectivity index (χ1) is 13.2. The number of hydrogen-bond donors (Lipinski definition) is 0. The Hall–Kier alpha value is -2.32. The second-order valence-electron chi connectivity index (χ2n) is 7.20. The van der Waals surface area contributed by atoms with Crippen LogP contribution in [0.1, 0.15) is 50.2 Å². The Bertz CT molecular complexity index is 893. The lowest BCUT2D eigenvalue weighted by molar-refractivity contribution is 0.0300. The fourth-order valence-electron chi connectivity index (χ4n) is 4.41. The van der Waals surface area contributed by atoms with Crippen molar-refractivity contribution in [2.24, 2.45) is 0 Å². The summed E-state index contributed by atoms with van der Waals surface area (Å²) in [4.78, 5) is 31.4. The Kier molecular flexibility index (Phi) is 4.17. The zero-order chi connectivity index (χ0) is 18.4. The van der Waals surface area contributed by atoms with E-state index < -0.39 is 0 Å². The second kappa shape index (κ2) is 6.69. The quantitative estimate of drug-likeness (QED) is 0.791. The van der Waals surface area contributed by atoms with Crippen molar-refractivity contribution in [3.8, 4) is 0 Å². The minimum absolute atomic E-state index is 0.0396. The van der Waals surface area contributed by atoms with Crippen LogP contribution in [0.15, 0.2) is 24.3 Å². The molecule has 0 radical (unpaired) electrons. The number of carbonyl (C=O) groups excluding carboxylic acids is 2. The number of benzene rings is 1. The molecule has 2 bridgehead atoms. The first-order valence-corrected chi connectivity index (χ1v) is 10.1. The van der Waals surface area contributed by atoms with Gasteiger partial charge in [-0.3, -0.25) is 9.59 Å². The second-order valence-corrected chi connectivity index (χ2v) is 7.98. The molecule has 3 aliphatic rings. The summed E-state index contributed by atoms with van der Waals surface area (Å²) in [5.41, 5.74) is 2.01. The number of nitrogens with zero attached hydrogens (tertiary/aromatic N) is 4. The average Bonchev–Trinajstić information content (AvgIpc) is 3.32. The van der Waals surface area contributed by atoms with E-state index in [1.165, 1.54) is 11.5 Å². The molecule has 27 heavy (non-hydrogen) atoms. The molecule has 2 saturated heterocycles. The molecule has 8 heteroatoms. The van der Waals surface area contributed by atoms with Crippen LogP contribution >= 0.6 is 11.5 Å². The Morgan fingerprint density at radius 1 is 1.07 bits per heavy atom. The molecule has 7 nitrogen and oxygen atoms in total. The van der Waals surface area contributed by atoms with Gasteiger partial charge in [0.25, 0.3) is 11.8 Å². The zero-order valence-corrected chi connectivity index (χ0v) is 15.7. The van der Waals surface area contributed by atoms with Gasteiger partial charge in [0.15, 0.2) is 0 Å². The van der Waals surface area contributed by atoms with Gasteiger partial charge in [-0.15, -0.1) is 5.10 Å². The van der Waals surface area contributed by atoms with E-state index in [1.54, 1.807) is 17.0 Å². The smallest absolute Gasteiger partial charge is 0.255 e. The number of amides is 2. The highest BCUT2D eigenvalue weighted by Gasteiger charge is 2.45. The first-order valence-electron chi connectivity index (χ1n) is 9.34. The summed E-state index contributed by atoms with van der Waals surface area (Å²) in [6, 6.07) is 7.37. The molecule has 2 amide bonds. The van der Waals surface area contributed by atoms with E-state index in [2.05, 4.69) is 9.59 Å². The molecule has 2 fully saturated rings. The summed E-state index contributed by atoms with van der Waals surface area (Å²) < 4.78 is 9.42. The third-order valence-electron chi connectivity index (χ3n) is 5.74. The number of fused-ring (bicyclic) bond motifs is 4. The normalized spacial score (nSPS) is 24.0. The fourth-order valence-corrected chi connectivity index (χ4v) is 5.22. The molecule has 2 aromatic rings. The molecule has 0 saturated carbocycles. The van der Waals surface area contributed by atoms with Gasteiger partial charge in [-0.2, -0.15) is 0 Å². The predicted octanol–water partition coefficient (Wildman–Crippen LogP) is 1.91. The third kappa shape index (κ3) is 2.74. The van der Waals surface area contributed by atoms with E-state index in [4.69, 9.17) is 4.74 Å². The van der Waals surface area contributed by atoms with E-state index in [9.17, 15) is 9.59 Å². The molecule has 0 spiro atoms. The van der Waals surface area contributed by atoms with Crippen molar-refractivity contribution in [1.82, 2.24) is 19.4 Å². The van der Waals surface area contributed by atoms with Crippen molar-refractivity contribution in [2.75, 3.05) is 26.3 Å². The van der Waals surface area contributed by atoms with Crippen LogP contribution in [-0.2, 0) is 11.2 Å². The molecule has 0 N–H and O–H groups in total. The molecule has 1 aromatic heterocycles. The van der Waals surface area contributed by atoms with Gasteiger partial charge in [-0.05, 0) is 36.5 Å². The van der Waals surface area contributed by atoms with Crippen LogP contribution in [0.3, 0.4) is 0 Å². The highest BCUT2D eigenvalue weighted by Crippen LogP contribution is 2.45. The minimum atomic E-state index is -0.0910. The monoisotopic (exact) mass is 384 g/mol. The molecule has 3 aliphatic heterocycles. The lowest BCUT2D eigenvalue weighted by Gasteiger charge is -2.34. The van der Waals surface area contributed by atoms with E-state index >= 15 is 0 Å². The van der Waals surface area contributed by atoms with E-state index in [-0.39, 0.29) is 23.9 Å². The zero-order valence-electron chi connectivity index (χ0n) is 14.8. The molecule has 5 rings (SSSR count). The highest BCUT2D eigenvalue weighted by atomic mass is 32.1. The summed E-state index contributed by atoms with van der Waals surface area (Å²) in [5, 5.41) is 4.23.